The molecule has 0 radical (unpaired) electrons. The molecule has 1 aliphatic carbocycles. The zero-order chi connectivity index (χ0) is 14.8. The number of aryl methyl sites for hydroxylation is 1. The Kier molecular flexibility index (Phi) is 4.38. The van der Waals surface area contributed by atoms with Crippen LogP contribution >= 0.6 is 0 Å². The molecule has 1 aliphatic rings. The topological polar surface area (TPSA) is 63.5 Å². The van der Waals surface area contributed by atoms with E-state index in [2.05, 4.69) is 10.6 Å². The third-order valence-electron chi connectivity index (χ3n) is 3.22. The Hall–Kier alpha value is -1.49. The van der Waals surface area contributed by atoms with Gasteiger partial charge in [-0.2, -0.15) is 0 Å². The third-order valence-corrected chi connectivity index (χ3v) is 3.22. The third kappa shape index (κ3) is 4.56. The molecular formula is C15H24N2O3. The fourth-order valence-electron chi connectivity index (χ4n) is 2.20. The van der Waals surface area contributed by atoms with Crippen molar-refractivity contribution in [2.45, 2.75) is 64.8 Å². The predicted octanol–water partition coefficient (Wildman–Crippen LogP) is 2.73. The van der Waals surface area contributed by atoms with E-state index < -0.39 is 5.60 Å². The van der Waals surface area contributed by atoms with Gasteiger partial charge in [-0.05, 0) is 52.7 Å². The maximum absolute atomic E-state index is 11.6. The average molecular weight is 280 g/mol. The highest BCUT2D eigenvalue weighted by atomic mass is 16.6. The summed E-state index contributed by atoms with van der Waals surface area (Å²) < 4.78 is 10.7. The molecule has 1 saturated carbocycles. The van der Waals surface area contributed by atoms with Crippen molar-refractivity contribution in [2.24, 2.45) is 0 Å². The van der Waals surface area contributed by atoms with Crippen molar-refractivity contribution in [3.63, 3.8) is 0 Å². The van der Waals surface area contributed by atoms with Crippen LogP contribution in [0.1, 0.15) is 45.1 Å². The van der Waals surface area contributed by atoms with Crippen molar-refractivity contribution >= 4 is 6.09 Å². The van der Waals surface area contributed by atoms with Crippen LogP contribution in [-0.4, -0.2) is 23.8 Å². The lowest BCUT2D eigenvalue weighted by Crippen LogP contribution is -2.52. The number of amides is 1. The number of hydrogen-bond donors (Lipinski definition) is 2. The van der Waals surface area contributed by atoms with Crippen molar-refractivity contribution in [2.75, 3.05) is 0 Å². The molecule has 0 saturated heterocycles. The molecule has 0 spiro atoms. The van der Waals surface area contributed by atoms with E-state index in [-0.39, 0.29) is 12.1 Å². The molecule has 112 valence electrons. The number of furan rings is 1. The van der Waals surface area contributed by atoms with Gasteiger partial charge in [-0.15, -0.1) is 0 Å². The van der Waals surface area contributed by atoms with E-state index in [1.165, 1.54) is 0 Å². The molecule has 0 atom stereocenters. The molecule has 20 heavy (non-hydrogen) atoms. The lowest BCUT2D eigenvalue weighted by molar-refractivity contribution is 0.0464. The van der Waals surface area contributed by atoms with Crippen molar-refractivity contribution < 1.29 is 13.9 Å². The van der Waals surface area contributed by atoms with Crippen molar-refractivity contribution in [3.05, 3.63) is 23.7 Å². The first-order chi connectivity index (χ1) is 9.32. The first kappa shape index (κ1) is 14.9. The van der Waals surface area contributed by atoms with E-state index >= 15 is 0 Å². The van der Waals surface area contributed by atoms with Gasteiger partial charge in [0.25, 0.3) is 0 Å². The summed E-state index contributed by atoms with van der Waals surface area (Å²) in [5.74, 6) is 1.88. The Bertz CT molecular complexity index is 456. The second kappa shape index (κ2) is 5.87. The highest BCUT2D eigenvalue weighted by Crippen LogP contribution is 2.21. The summed E-state index contributed by atoms with van der Waals surface area (Å²) in [5, 5.41) is 6.29. The van der Waals surface area contributed by atoms with Gasteiger partial charge in [0.15, 0.2) is 0 Å². The monoisotopic (exact) mass is 280 g/mol. The minimum absolute atomic E-state index is 0.209. The summed E-state index contributed by atoms with van der Waals surface area (Å²) in [5.41, 5.74) is -0.442. The number of carbonyl (C=O) groups is 1. The molecule has 2 N–H and O–H groups in total. The van der Waals surface area contributed by atoms with Crippen LogP contribution < -0.4 is 10.6 Å². The highest BCUT2D eigenvalue weighted by Gasteiger charge is 2.31. The van der Waals surface area contributed by atoms with Gasteiger partial charge in [0.05, 0.1) is 6.54 Å². The number of alkyl carbamates (subject to hydrolysis) is 1. The first-order valence-corrected chi connectivity index (χ1v) is 7.10. The second-order valence-electron chi connectivity index (χ2n) is 6.40. The van der Waals surface area contributed by atoms with Gasteiger partial charge in [-0.25, -0.2) is 4.79 Å². The van der Waals surface area contributed by atoms with Crippen LogP contribution in [-0.2, 0) is 11.3 Å². The van der Waals surface area contributed by atoms with Crippen LogP contribution in [0.3, 0.4) is 0 Å². The van der Waals surface area contributed by atoms with Gasteiger partial charge in [-0.1, -0.05) is 0 Å². The zero-order valence-corrected chi connectivity index (χ0v) is 12.7. The van der Waals surface area contributed by atoms with Crippen molar-refractivity contribution in [1.29, 1.82) is 0 Å². The van der Waals surface area contributed by atoms with E-state index in [0.717, 1.165) is 30.9 Å². The highest BCUT2D eigenvalue weighted by molar-refractivity contribution is 5.68. The van der Waals surface area contributed by atoms with Crippen LogP contribution in [0.15, 0.2) is 16.5 Å². The SMILES string of the molecule is Cc1ccc(CNC2CC(NC(=O)OC(C)(C)C)C2)o1. The van der Waals surface area contributed by atoms with Crippen LogP contribution in [0.4, 0.5) is 4.79 Å². The molecule has 1 fully saturated rings. The standard InChI is InChI=1S/C15H24N2O3/c1-10-5-6-13(19-10)9-16-11-7-12(8-11)17-14(18)20-15(2,3)4/h5-6,11-12,16H,7-9H2,1-4H3,(H,17,18). The Morgan fingerprint density at radius 2 is 2.05 bits per heavy atom. The number of hydrogen-bond acceptors (Lipinski definition) is 4. The first-order valence-electron chi connectivity index (χ1n) is 7.10. The fourth-order valence-corrected chi connectivity index (χ4v) is 2.20. The summed E-state index contributed by atoms with van der Waals surface area (Å²) in [6.07, 6.45) is 1.53. The van der Waals surface area contributed by atoms with Crippen molar-refractivity contribution in [1.82, 2.24) is 10.6 Å². The Balaban J connectivity index is 1.61. The second-order valence-corrected chi connectivity index (χ2v) is 6.40. The van der Waals surface area contributed by atoms with Gasteiger partial charge in [-0.3, -0.25) is 0 Å². The maximum Gasteiger partial charge on any atom is 0.407 e. The van der Waals surface area contributed by atoms with Gasteiger partial charge >= 0.3 is 6.09 Å². The summed E-state index contributed by atoms with van der Waals surface area (Å²) in [7, 11) is 0. The van der Waals surface area contributed by atoms with Crippen molar-refractivity contribution in [3.8, 4) is 0 Å². The Morgan fingerprint density at radius 3 is 2.60 bits per heavy atom. The average Bonchev–Trinajstić information content (AvgIpc) is 2.64. The van der Waals surface area contributed by atoms with Crippen LogP contribution in [0.2, 0.25) is 0 Å². The number of rotatable bonds is 4. The van der Waals surface area contributed by atoms with E-state index in [1.54, 1.807) is 0 Å². The molecule has 0 bridgehead atoms. The molecular weight excluding hydrogens is 256 g/mol. The molecule has 0 aliphatic heterocycles. The zero-order valence-electron chi connectivity index (χ0n) is 12.7. The molecule has 5 nitrogen and oxygen atoms in total. The summed E-state index contributed by atoms with van der Waals surface area (Å²) >= 11 is 0. The van der Waals surface area contributed by atoms with Crippen LogP contribution in [0.5, 0.6) is 0 Å². The van der Waals surface area contributed by atoms with Gasteiger partial charge in [0, 0.05) is 12.1 Å². The van der Waals surface area contributed by atoms with E-state index in [4.69, 9.17) is 9.15 Å². The molecule has 2 rings (SSSR count). The van der Waals surface area contributed by atoms with Gasteiger partial charge in [0.2, 0.25) is 0 Å². The normalized spacial score (nSPS) is 22.2. The molecule has 0 aromatic carbocycles. The maximum atomic E-state index is 11.6. The molecule has 5 heteroatoms. The van der Waals surface area contributed by atoms with Gasteiger partial charge < -0.3 is 19.8 Å². The van der Waals surface area contributed by atoms with E-state index in [0.29, 0.717) is 6.04 Å². The number of ether oxygens (including phenoxy) is 1. The lowest BCUT2D eigenvalue weighted by Gasteiger charge is -2.36. The van der Waals surface area contributed by atoms with Gasteiger partial charge in [0.1, 0.15) is 17.1 Å². The molecule has 0 unspecified atom stereocenters. The fraction of sp³-hybridized carbons (Fsp3) is 0.667. The van der Waals surface area contributed by atoms with Crippen LogP contribution in [0.25, 0.3) is 0 Å². The molecule has 1 amide bonds. The smallest absolute Gasteiger partial charge is 0.407 e. The van der Waals surface area contributed by atoms with E-state index in [9.17, 15) is 4.79 Å². The Morgan fingerprint density at radius 1 is 1.35 bits per heavy atom. The predicted molar refractivity (Wildman–Crippen MR) is 76.5 cm³/mol. The molecule has 1 heterocycles. The summed E-state index contributed by atoms with van der Waals surface area (Å²) in [4.78, 5) is 11.6. The van der Waals surface area contributed by atoms with Crippen LogP contribution in [0, 0.1) is 6.92 Å². The quantitative estimate of drug-likeness (QED) is 0.890. The summed E-state index contributed by atoms with van der Waals surface area (Å²) in [6, 6.07) is 4.59. The summed E-state index contributed by atoms with van der Waals surface area (Å²) in [6.45, 7) is 8.26. The molecule has 1 aromatic rings. The number of nitrogens with one attached hydrogen (secondary N) is 2. The Labute approximate surface area is 120 Å². The minimum Gasteiger partial charge on any atom is -0.465 e. The minimum atomic E-state index is -0.442. The molecule has 1 aromatic heterocycles. The largest absolute Gasteiger partial charge is 0.465 e. The van der Waals surface area contributed by atoms with E-state index in [1.807, 2.05) is 39.8 Å². The number of carbonyl (C=O) groups excluding carboxylic acids is 1. The lowest BCUT2D eigenvalue weighted by atomic mass is 9.87.